The summed E-state index contributed by atoms with van der Waals surface area (Å²) in [5.41, 5.74) is -3.60. The van der Waals surface area contributed by atoms with Crippen molar-refractivity contribution in [1.29, 1.82) is 0 Å². The van der Waals surface area contributed by atoms with Crippen LogP contribution in [0.4, 0.5) is 26.3 Å². The molecule has 0 fully saturated rings. The van der Waals surface area contributed by atoms with Gasteiger partial charge in [-0.3, -0.25) is 0 Å². The van der Waals surface area contributed by atoms with E-state index >= 15 is 0 Å². The van der Waals surface area contributed by atoms with Crippen molar-refractivity contribution in [3.63, 3.8) is 0 Å². The largest absolute Gasteiger partial charge is 0.497 e. The van der Waals surface area contributed by atoms with Gasteiger partial charge in [-0.25, -0.2) is 0 Å². The first-order valence-electron chi connectivity index (χ1n) is 8.96. The van der Waals surface area contributed by atoms with E-state index < -0.39 is 31.8 Å². The molecule has 0 bridgehead atoms. The molecule has 2 aromatic carbocycles. The molecule has 0 aliphatic rings. The Morgan fingerprint density at radius 2 is 1.27 bits per heavy atom. The lowest BCUT2D eigenvalue weighted by molar-refractivity contribution is -0.237. The van der Waals surface area contributed by atoms with E-state index in [0.717, 1.165) is 36.4 Å². The molecule has 0 amide bonds. The highest BCUT2D eigenvalue weighted by Gasteiger charge is 2.57. The van der Waals surface area contributed by atoms with E-state index in [9.17, 15) is 26.3 Å². The molecule has 0 aliphatic carbocycles. The van der Waals surface area contributed by atoms with E-state index in [4.69, 9.17) is 9.16 Å². The van der Waals surface area contributed by atoms with Crippen LogP contribution in [-0.4, -0.2) is 21.6 Å². The predicted octanol–water partition coefficient (Wildman–Crippen LogP) is 7.04. The molecule has 30 heavy (non-hydrogen) atoms. The molecule has 2 aromatic rings. The highest BCUT2D eigenvalue weighted by atomic mass is 28.4. The molecule has 0 saturated carbocycles. The van der Waals surface area contributed by atoms with Gasteiger partial charge < -0.3 is 9.16 Å². The van der Waals surface area contributed by atoms with Gasteiger partial charge in [0, 0.05) is 0 Å². The maximum absolute atomic E-state index is 14.4. The topological polar surface area (TPSA) is 18.5 Å². The molecule has 9 heteroatoms. The zero-order chi connectivity index (χ0) is 22.8. The van der Waals surface area contributed by atoms with Gasteiger partial charge in [-0.2, -0.15) is 26.3 Å². The molecule has 0 aromatic heterocycles. The number of methoxy groups -OCH3 is 1. The first-order valence-corrected chi connectivity index (χ1v) is 12.4. The maximum atomic E-state index is 14.4. The van der Waals surface area contributed by atoms with Crippen LogP contribution in [0.25, 0.3) is 6.08 Å². The molecule has 0 heterocycles. The summed E-state index contributed by atoms with van der Waals surface area (Å²) in [5.74, 6) is 0.384. The number of hydrogen-bond acceptors (Lipinski definition) is 2. The van der Waals surface area contributed by atoms with Gasteiger partial charge in [-0.05, 0) is 61.1 Å². The standard InChI is InChI=1S/C21H22F6O2Si/c1-28-18-11-9-16(10-12-18)19(21(25,26)27,29-30(2,3)4)14-13-15-5-7-17(8-6-15)20(22,23)24/h5-14H,1-4H3/b14-13+. The van der Waals surface area contributed by atoms with Crippen LogP contribution in [0.3, 0.4) is 0 Å². The Balaban J connectivity index is 2.57. The molecular weight excluding hydrogens is 426 g/mol. The molecule has 1 atom stereocenters. The van der Waals surface area contributed by atoms with E-state index in [0.29, 0.717) is 5.75 Å². The lowest BCUT2D eigenvalue weighted by Crippen LogP contribution is -2.49. The van der Waals surface area contributed by atoms with Crippen LogP contribution < -0.4 is 4.74 Å². The van der Waals surface area contributed by atoms with Gasteiger partial charge in [0.05, 0.1) is 12.7 Å². The van der Waals surface area contributed by atoms with E-state index in [2.05, 4.69) is 0 Å². The molecule has 0 radical (unpaired) electrons. The van der Waals surface area contributed by atoms with Gasteiger partial charge in [0.25, 0.3) is 0 Å². The molecule has 1 unspecified atom stereocenters. The van der Waals surface area contributed by atoms with Gasteiger partial charge in [-0.1, -0.05) is 30.3 Å². The maximum Gasteiger partial charge on any atom is 0.424 e. The Labute approximate surface area is 172 Å². The van der Waals surface area contributed by atoms with Crippen molar-refractivity contribution in [3.8, 4) is 5.75 Å². The van der Waals surface area contributed by atoms with E-state index in [1.807, 2.05) is 0 Å². The predicted molar refractivity (Wildman–Crippen MR) is 106 cm³/mol. The molecule has 0 aliphatic heterocycles. The summed E-state index contributed by atoms with van der Waals surface area (Å²) in [6.07, 6.45) is -7.36. The van der Waals surface area contributed by atoms with Crippen molar-refractivity contribution in [2.45, 2.75) is 37.6 Å². The van der Waals surface area contributed by atoms with Crippen LogP contribution in [0.2, 0.25) is 19.6 Å². The summed E-state index contributed by atoms with van der Waals surface area (Å²) in [5, 5.41) is 0. The van der Waals surface area contributed by atoms with Crippen LogP contribution in [0.5, 0.6) is 5.75 Å². The van der Waals surface area contributed by atoms with Crippen molar-refractivity contribution >= 4 is 14.4 Å². The lowest BCUT2D eigenvalue weighted by Gasteiger charge is -2.39. The summed E-state index contributed by atoms with van der Waals surface area (Å²) < 4.78 is 91.9. The average Bonchev–Trinajstić information content (AvgIpc) is 2.63. The highest BCUT2D eigenvalue weighted by molar-refractivity contribution is 6.69. The second kappa shape index (κ2) is 8.47. The molecule has 2 nitrogen and oxygen atoms in total. The smallest absolute Gasteiger partial charge is 0.424 e. The first kappa shape index (κ1) is 24.0. The molecule has 2 rings (SSSR count). The SMILES string of the molecule is COc1ccc(C(/C=C/c2ccc(C(F)(F)F)cc2)(O[Si](C)(C)C)C(F)(F)F)cc1. The molecule has 0 saturated heterocycles. The number of hydrogen-bond donors (Lipinski definition) is 0. The zero-order valence-electron chi connectivity index (χ0n) is 16.9. The van der Waals surface area contributed by atoms with E-state index in [1.165, 1.54) is 31.4 Å². The average molecular weight is 448 g/mol. The van der Waals surface area contributed by atoms with Gasteiger partial charge in [0.1, 0.15) is 5.75 Å². The van der Waals surface area contributed by atoms with Gasteiger partial charge in [0.2, 0.25) is 0 Å². The third-order valence-corrected chi connectivity index (χ3v) is 5.09. The summed E-state index contributed by atoms with van der Waals surface area (Å²) in [6, 6.07) is 9.20. The molecule has 164 valence electrons. The lowest BCUT2D eigenvalue weighted by atomic mass is 9.91. The van der Waals surface area contributed by atoms with Crippen molar-refractivity contribution in [1.82, 2.24) is 0 Å². The van der Waals surface area contributed by atoms with Gasteiger partial charge in [-0.15, -0.1) is 0 Å². The summed E-state index contributed by atoms with van der Waals surface area (Å²) in [7, 11) is -1.33. The van der Waals surface area contributed by atoms with Crippen molar-refractivity contribution < 1.29 is 35.5 Å². The normalized spacial score (nSPS) is 15.3. The Bertz CT molecular complexity index is 865. The van der Waals surface area contributed by atoms with Crippen molar-refractivity contribution in [2.24, 2.45) is 0 Å². The fourth-order valence-electron chi connectivity index (χ4n) is 2.82. The highest BCUT2D eigenvalue weighted by Crippen LogP contribution is 2.46. The summed E-state index contributed by atoms with van der Waals surface area (Å²) in [6.45, 7) is 4.88. The third-order valence-electron chi connectivity index (χ3n) is 4.16. The zero-order valence-corrected chi connectivity index (χ0v) is 17.9. The summed E-state index contributed by atoms with van der Waals surface area (Å²) in [4.78, 5) is 0. The fourth-order valence-corrected chi connectivity index (χ4v) is 4.09. The van der Waals surface area contributed by atoms with Crippen LogP contribution >= 0.6 is 0 Å². The van der Waals surface area contributed by atoms with Gasteiger partial charge >= 0.3 is 12.4 Å². The quantitative estimate of drug-likeness (QED) is 0.349. The Morgan fingerprint density at radius 1 is 0.767 bits per heavy atom. The van der Waals surface area contributed by atoms with Crippen LogP contribution in [-0.2, 0) is 16.2 Å². The number of ether oxygens (including phenoxy) is 1. The van der Waals surface area contributed by atoms with Crippen molar-refractivity contribution in [3.05, 3.63) is 71.3 Å². The summed E-state index contributed by atoms with van der Waals surface area (Å²) >= 11 is 0. The third kappa shape index (κ3) is 5.66. The van der Waals surface area contributed by atoms with Crippen molar-refractivity contribution in [2.75, 3.05) is 7.11 Å². The molecular formula is C21H22F6O2Si. The van der Waals surface area contributed by atoms with Gasteiger partial charge in [0.15, 0.2) is 13.9 Å². The minimum atomic E-state index is -4.82. The number of benzene rings is 2. The van der Waals surface area contributed by atoms with Crippen LogP contribution in [0.1, 0.15) is 16.7 Å². The Hall–Kier alpha value is -2.26. The second-order valence-corrected chi connectivity index (χ2v) is 12.1. The van der Waals surface area contributed by atoms with E-state index in [1.54, 1.807) is 19.6 Å². The molecule has 0 N–H and O–H groups in total. The Morgan fingerprint density at radius 3 is 1.67 bits per heavy atom. The van der Waals surface area contributed by atoms with Crippen LogP contribution in [0, 0.1) is 0 Å². The minimum absolute atomic E-state index is 0.151. The number of halogens is 6. The monoisotopic (exact) mass is 448 g/mol. The van der Waals surface area contributed by atoms with E-state index in [-0.39, 0.29) is 11.1 Å². The second-order valence-electron chi connectivity index (χ2n) is 7.63. The van der Waals surface area contributed by atoms with Crippen LogP contribution in [0.15, 0.2) is 54.6 Å². The number of alkyl halides is 6. The Kier molecular flexibility index (Phi) is 6.78. The number of rotatable bonds is 6. The minimum Gasteiger partial charge on any atom is -0.497 e. The molecule has 0 spiro atoms. The fraction of sp³-hybridized carbons (Fsp3) is 0.333. The first-order chi connectivity index (χ1) is 13.7.